The Morgan fingerprint density at radius 2 is 0.508 bits per heavy atom. The van der Waals surface area contributed by atoms with Gasteiger partial charge < -0.3 is 9.80 Å². The molecule has 0 aliphatic rings. The monoisotopic (exact) mass is 786 g/mol. The van der Waals surface area contributed by atoms with E-state index < -0.39 is 0 Å². The summed E-state index contributed by atoms with van der Waals surface area (Å²) in [6.07, 6.45) is 0. The number of aryl methyl sites for hydroxylation is 3. The van der Waals surface area contributed by atoms with Gasteiger partial charge in [0.05, 0.1) is 0 Å². The highest BCUT2D eigenvalue weighted by Crippen LogP contribution is 2.42. The summed E-state index contributed by atoms with van der Waals surface area (Å²) in [5.41, 5.74) is 18.0. The molecule has 0 radical (unpaired) electrons. The molecule has 0 amide bonds. The Kier molecular flexibility index (Phi) is 11.4. The first-order valence-corrected chi connectivity index (χ1v) is 21.2. The molecule has 0 spiro atoms. The second kappa shape index (κ2) is 17.8. The van der Waals surface area contributed by atoms with Crippen molar-refractivity contribution in [1.82, 2.24) is 0 Å². The van der Waals surface area contributed by atoms with Crippen LogP contribution in [0.4, 0.5) is 34.1 Å². The lowest BCUT2D eigenvalue weighted by Crippen LogP contribution is -2.13. The molecule has 9 aromatic carbocycles. The van der Waals surface area contributed by atoms with Gasteiger partial charge in [0.25, 0.3) is 0 Å². The number of benzene rings is 9. The quantitative estimate of drug-likeness (QED) is 0.114. The number of rotatable bonds is 12. The van der Waals surface area contributed by atoms with E-state index in [0.29, 0.717) is 0 Å². The maximum atomic E-state index is 2.38. The van der Waals surface area contributed by atoms with E-state index in [4.69, 9.17) is 0 Å². The van der Waals surface area contributed by atoms with Crippen molar-refractivity contribution in [2.45, 2.75) is 32.6 Å². The average Bonchev–Trinajstić information content (AvgIpc) is 3.30. The molecule has 9 rings (SSSR count). The average molecular weight is 787 g/mol. The first-order valence-electron chi connectivity index (χ1n) is 21.2. The van der Waals surface area contributed by atoms with Crippen molar-refractivity contribution in [3.05, 3.63) is 287 Å². The van der Waals surface area contributed by atoms with Crippen molar-refractivity contribution in [3.8, 4) is 0 Å². The van der Waals surface area contributed by atoms with Crippen LogP contribution < -0.4 is 9.80 Å². The molecule has 2 unspecified atom stereocenters. The molecule has 296 valence electrons. The van der Waals surface area contributed by atoms with Gasteiger partial charge in [-0.25, -0.2) is 0 Å². The molecular formula is C59H50N2. The Balaban J connectivity index is 1.14. The van der Waals surface area contributed by atoms with Crippen LogP contribution in [0.1, 0.15) is 61.9 Å². The van der Waals surface area contributed by atoms with Crippen molar-refractivity contribution in [2.75, 3.05) is 9.80 Å². The lowest BCUT2D eigenvalue weighted by Gasteiger charge is -2.29. The third kappa shape index (κ3) is 8.67. The fourth-order valence-electron chi connectivity index (χ4n) is 8.77. The van der Waals surface area contributed by atoms with Gasteiger partial charge in [-0.3, -0.25) is 0 Å². The predicted octanol–water partition coefficient (Wildman–Crippen LogP) is 15.9. The molecule has 0 aliphatic heterocycles. The van der Waals surface area contributed by atoms with E-state index in [1.807, 2.05) is 0 Å². The van der Waals surface area contributed by atoms with Crippen LogP contribution in [0.15, 0.2) is 237 Å². The molecule has 9 aromatic rings. The fraction of sp³-hybridized carbons (Fsp3) is 0.0847. The summed E-state index contributed by atoms with van der Waals surface area (Å²) in [7, 11) is 0. The third-order valence-electron chi connectivity index (χ3n) is 11.6. The minimum atomic E-state index is 0.115. The van der Waals surface area contributed by atoms with Crippen LogP contribution in [0, 0.1) is 20.8 Å². The van der Waals surface area contributed by atoms with Gasteiger partial charge in [0, 0.05) is 46.0 Å². The smallest absolute Gasteiger partial charge is 0.0464 e. The summed E-state index contributed by atoms with van der Waals surface area (Å²) < 4.78 is 0. The Morgan fingerprint density at radius 3 is 0.902 bits per heavy atom. The highest BCUT2D eigenvalue weighted by molar-refractivity contribution is 5.81. The number of hydrogen-bond donors (Lipinski definition) is 0. The van der Waals surface area contributed by atoms with E-state index in [2.05, 4.69) is 267 Å². The third-order valence-corrected chi connectivity index (χ3v) is 11.6. The summed E-state index contributed by atoms with van der Waals surface area (Å²) >= 11 is 0. The molecular weight excluding hydrogens is 737 g/mol. The van der Waals surface area contributed by atoms with Crippen molar-refractivity contribution < 1.29 is 0 Å². The molecule has 2 heteroatoms. The molecule has 0 bridgehead atoms. The second-order valence-corrected chi connectivity index (χ2v) is 16.1. The second-order valence-electron chi connectivity index (χ2n) is 16.1. The molecule has 0 aliphatic carbocycles. The summed E-state index contributed by atoms with van der Waals surface area (Å²) in [6, 6.07) is 86.2. The van der Waals surface area contributed by atoms with Gasteiger partial charge in [0.1, 0.15) is 0 Å². The summed E-state index contributed by atoms with van der Waals surface area (Å²) in [6.45, 7) is 6.49. The molecule has 0 saturated heterocycles. The molecule has 0 saturated carbocycles. The van der Waals surface area contributed by atoms with Crippen molar-refractivity contribution in [1.29, 1.82) is 0 Å². The van der Waals surface area contributed by atoms with Gasteiger partial charge >= 0.3 is 0 Å². The zero-order chi connectivity index (χ0) is 41.5. The maximum absolute atomic E-state index is 2.38. The largest absolute Gasteiger partial charge is 0.311 e. The molecule has 2 atom stereocenters. The minimum Gasteiger partial charge on any atom is -0.311 e. The number of nitrogens with zero attached hydrogens (tertiary/aromatic N) is 2. The van der Waals surface area contributed by atoms with Crippen LogP contribution in [0.2, 0.25) is 0 Å². The zero-order valence-electron chi connectivity index (χ0n) is 35.1. The fourth-order valence-corrected chi connectivity index (χ4v) is 8.77. The normalized spacial score (nSPS) is 12.0. The van der Waals surface area contributed by atoms with Gasteiger partial charge in [0.15, 0.2) is 0 Å². The Hall–Kier alpha value is -7.42. The summed E-state index contributed by atoms with van der Waals surface area (Å²) in [4.78, 5) is 4.71. The summed E-state index contributed by atoms with van der Waals surface area (Å²) in [5.74, 6) is 0.230. The maximum Gasteiger partial charge on any atom is 0.0464 e. The minimum absolute atomic E-state index is 0.115. The molecule has 2 nitrogen and oxygen atoms in total. The number of para-hydroxylation sites is 1. The van der Waals surface area contributed by atoms with E-state index in [-0.39, 0.29) is 11.8 Å². The van der Waals surface area contributed by atoms with E-state index in [0.717, 1.165) is 34.1 Å². The van der Waals surface area contributed by atoms with Crippen molar-refractivity contribution in [3.63, 3.8) is 0 Å². The van der Waals surface area contributed by atoms with Crippen LogP contribution in [0.5, 0.6) is 0 Å². The SMILES string of the molecule is Cc1cccc(C(c2ccccc2)c2ccc(N(c3ccc(C(c4ccccc4)c4cccc(C)c4)cc3)c3ccc(N(c4ccccc4)c4cccc(C)c4)cc3)cc2)c1. The zero-order valence-corrected chi connectivity index (χ0v) is 35.1. The van der Waals surface area contributed by atoms with Crippen LogP contribution in [-0.4, -0.2) is 0 Å². The Morgan fingerprint density at radius 1 is 0.230 bits per heavy atom. The Bertz CT molecular complexity index is 2500. The topological polar surface area (TPSA) is 6.48 Å². The number of anilines is 6. The predicted molar refractivity (Wildman–Crippen MR) is 258 cm³/mol. The van der Waals surface area contributed by atoms with Crippen LogP contribution in [-0.2, 0) is 0 Å². The lowest BCUT2D eigenvalue weighted by molar-refractivity contribution is 0.972. The molecule has 0 N–H and O–H groups in total. The number of hydrogen-bond acceptors (Lipinski definition) is 2. The summed E-state index contributed by atoms with van der Waals surface area (Å²) in [5, 5.41) is 0. The van der Waals surface area contributed by atoms with E-state index in [1.165, 1.54) is 50.1 Å². The van der Waals surface area contributed by atoms with Gasteiger partial charge in [-0.05, 0) is 133 Å². The van der Waals surface area contributed by atoms with E-state index >= 15 is 0 Å². The molecule has 0 heterocycles. The van der Waals surface area contributed by atoms with E-state index in [1.54, 1.807) is 0 Å². The standard InChI is InChI=1S/C59H50N2/c1-43-16-13-23-50(40-43)58(46-19-7-4-8-20-46)48-28-32-53(33-29-48)60(54-34-30-49(31-35-54)59(47-21-9-5-10-22-47)51-24-14-17-44(2)41-51)55-36-38-56(39-37-55)61(52-25-11-6-12-26-52)57-27-15-18-45(3)42-57/h4-42,58-59H,1-3H3. The highest BCUT2D eigenvalue weighted by atomic mass is 15.2. The van der Waals surface area contributed by atoms with Gasteiger partial charge in [0.2, 0.25) is 0 Å². The van der Waals surface area contributed by atoms with Crippen molar-refractivity contribution >= 4 is 34.1 Å². The van der Waals surface area contributed by atoms with Gasteiger partial charge in [-0.1, -0.05) is 175 Å². The van der Waals surface area contributed by atoms with Crippen LogP contribution in [0.25, 0.3) is 0 Å². The van der Waals surface area contributed by atoms with Gasteiger partial charge in [-0.15, -0.1) is 0 Å². The molecule has 0 fully saturated rings. The molecule has 61 heavy (non-hydrogen) atoms. The van der Waals surface area contributed by atoms with E-state index in [9.17, 15) is 0 Å². The molecule has 0 aromatic heterocycles. The highest BCUT2D eigenvalue weighted by Gasteiger charge is 2.22. The van der Waals surface area contributed by atoms with Crippen LogP contribution in [0.3, 0.4) is 0 Å². The first kappa shape index (κ1) is 39.1. The lowest BCUT2D eigenvalue weighted by atomic mass is 9.84. The first-order chi connectivity index (χ1) is 30.0. The van der Waals surface area contributed by atoms with Crippen LogP contribution >= 0.6 is 0 Å². The van der Waals surface area contributed by atoms with Crippen molar-refractivity contribution in [2.24, 2.45) is 0 Å². The Labute approximate surface area is 361 Å². The van der Waals surface area contributed by atoms with Gasteiger partial charge in [-0.2, -0.15) is 0 Å².